The highest BCUT2D eigenvalue weighted by Gasteiger charge is 2.09. The summed E-state index contributed by atoms with van der Waals surface area (Å²) in [5.74, 6) is -0.0950. The SMILES string of the molecule is CCCCS(=O)(=O)NCCNC(=O)c1cccc(Br)c1. The maximum absolute atomic E-state index is 11.8. The van der Waals surface area contributed by atoms with E-state index in [2.05, 4.69) is 26.0 Å². The predicted octanol–water partition coefficient (Wildman–Crippen LogP) is 1.90. The Morgan fingerprint density at radius 1 is 1.30 bits per heavy atom. The Balaban J connectivity index is 2.33. The minimum atomic E-state index is -3.22. The van der Waals surface area contributed by atoms with Crippen molar-refractivity contribution in [3.63, 3.8) is 0 Å². The van der Waals surface area contributed by atoms with Gasteiger partial charge in [0.15, 0.2) is 0 Å². The van der Waals surface area contributed by atoms with Gasteiger partial charge >= 0.3 is 0 Å². The van der Waals surface area contributed by atoms with Gasteiger partial charge in [0.25, 0.3) is 5.91 Å². The molecule has 0 saturated carbocycles. The van der Waals surface area contributed by atoms with Gasteiger partial charge in [0.2, 0.25) is 10.0 Å². The van der Waals surface area contributed by atoms with Crippen LogP contribution in [0.4, 0.5) is 0 Å². The number of unbranched alkanes of at least 4 members (excludes halogenated alkanes) is 1. The standard InChI is InChI=1S/C13H19BrN2O3S/c1-2-3-9-20(18,19)16-8-7-15-13(17)11-5-4-6-12(14)10-11/h4-6,10,16H,2-3,7-9H2,1H3,(H,15,17). The fourth-order valence-corrected chi connectivity index (χ4v) is 3.15. The van der Waals surface area contributed by atoms with E-state index < -0.39 is 10.0 Å². The number of rotatable bonds is 8. The largest absolute Gasteiger partial charge is 0.351 e. The summed E-state index contributed by atoms with van der Waals surface area (Å²) in [6.45, 7) is 2.40. The summed E-state index contributed by atoms with van der Waals surface area (Å²) in [6, 6.07) is 7.01. The first-order chi connectivity index (χ1) is 9.44. The third-order valence-corrected chi connectivity index (χ3v) is 4.55. The van der Waals surface area contributed by atoms with Crippen molar-refractivity contribution < 1.29 is 13.2 Å². The van der Waals surface area contributed by atoms with Crippen molar-refractivity contribution in [3.05, 3.63) is 34.3 Å². The molecule has 20 heavy (non-hydrogen) atoms. The van der Waals surface area contributed by atoms with Crippen molar-refractivity contribution in [3.8, 4) is 0 Å². The summed E-state index contributed by atoms with van der Waals surface area (Å²) < 4.78 is 26.3. The quantitative estimate of drug-likeness (QED) is 0.693. The van der Waals surface area contributed by atoms with Crippen LogP contribution in [0.2, 0.25) is 0 Å². The molecule has 0 aliphatic heterocycles. The van der Waals surface area contributed by atoms with Crippen molar-refractivity contribution in [1.29, 1.82) is 0 Å². The molecule has 1 aromatic rings. The van der Waals surface area contributed by atoms with E-state index in [1.54, 1.807) is 18.2 Å². The topological polar surface area (TPSA) is 75.3 Å². The molecule has 0 saturated heterocycles. The molecule has 1 rings (SSSR count). The first-order valence-corrected chi connectivity index (χ1v) is 8.90. The molecule has 0 fully saturated rings. The van der Waals surface area contributed by atoms with Crippen molar-refractivity contribution >= 4 is 31.9 Å². The van der Waals surface area contributed by atoms with Gasteiger partial charge in [-0.15, -0.1) is 0 Å². The molecule has 0 atom stereocenters. The number of nitrogens with one attached hydrogen (secondary N) is 2. The first-order valence-electron chi connectivity index (χ1n) is 6.45. The average Bonchev–Trinajstić information content (AvgIpc) is 2.41. The highest BCUT2D eigenvalue weighted by Crippen LogP contribution is 2.11. The van der Waals surface area contributed by atoms with Crippen LogP contribution in [0.15, 0.2) is 28.7 Å². The van der Waals surface area contributed by atoms with Gasteiger partial charge in [0.05, 0.1) is 5.75 Å². The van der Waals surface area contributed by atoms with Crippen molar-refractivity contribution in [2.75, 3.05) is 18.8 Å². The highest BCUT2D eigenvalue weighted by molar-refractivity contribution is 9.10. The van der Waals surface area contributed by atoms with Crippen molar-refractivity contribution in [2.24, 2.45) is 0 Å². The van der Waals surface area contributed by atoms with Gasteiger partial charge in [0, 0.05) is 23.1 Å². The highest BCUT2D eigenvalue weighted by atomic mass is 79.9. The molecule has 112 valence electrons. The van der Waals surface area contributed by atoms with Crippen LogP contribution in [0.3, 0.4) is 0 Å². The Bertz CT molecular complexity index is 546. The summed E-state index contributed by atoms with van der Waals surface area (Å²) in [5, 5.41) is 2.67. The van der Waals surface area contributed by atoms with Gasteiger partial charge in [-0.25, -0.2) is 13.1 Å². The molecule has 0 spiro atoms. The summed E-state index contributed by atoms with van der Waals surface area (Å²) in [4.78, 5) is 11.8. The number of carbonyl (C=O) groups excluding carboxylic acids is 1. The molecular weight excluding hydrogens is 344 g/mol. The molecule has 2 N–H and O–H groups in total. The van der Waals surface area contributed by atoms with Crippen LogP contribution in [-0.4, -0.2) is 33.2 Å². The third-order valence-electron chi connectivity index (χ3n) is 2.59. The summed E-state index contributed by atoms with van der Waals surface area (Å²) in [7, 11) is -3.22. The molecule has 0 heterocycles. The lowest BCUT2D eigenvalue weighted by molar-refractivity contribution is 0.0954. The molecule has 0 aromatic heterocycles. The molecule has 1 aromatic carbocycles. The lowest BCUT2D eigenvalue weighted by atomic mass is 10.2. The van der Waals surface area contributed by atoms with Gasteiger partial charge < -0.3 is 5.32 Å². The maximum Gasteiger partial charge on any atom is 0.251 e. The molecule has 7 heteroatoms. The van der Waals surface area contributed by atoms with Gasteiger partial charge in [0.1, 0.15) is 0 Å². The van der Waals surface area contributed by atoms with E-state index in [9.17, 15) is 13.2 Å². The van der Waals surface area contributed by atoms with Crippen LogP contribution in [0, 0.1) is 0 Å². The van der Waals surface area contributed by atoms with E-state index in [1.165, 1.54) is 0 Å². The van der Waals surface area contributed by atoms with E-state index in [0.717, 1.165) is 10.9 Å². The second-order valence-corrected chi connectivity index (χ2v) is 7.18. The zero-order valence-corrected chi connectivity index (χ0v) is 13.8. The fourth-order valence-electron chi connectivity index (χ4n) is 1.52. The summed E-state index contributed by atoms with van der Waals surface area (Å²) >= 11 is 3.29. The van der Waals surface area contributed by atoms with E-state index in [-0.39, 0.29) is 24.7 Å². The summed E-state index contributed by atoms with van der Waals surface area (Å²) in [5.41, 5.74) is 0.535. The van der Waals surface area contributed by atoms with Crippen LogP contribution in [0.1, 0.15) is 30.1 Å². The zero-order chi connectivity index (χ0) is 15.0. The van der Waals surface area contributed by atoms with E-state index in [1.807, 2.05) is 13.0 Å². The molecule has 0 bridgehead atoms. The van der Waals surface area contributed by atoms with E-state index >= 15 is 0 Å². The molecule has 0 aliphatic carbocycles. The second-order valence-electron chi connectivity index (χ2n) is 4.33. The Morgan fingerprint density at radius 2 is 2.05 bits per heavy atom. The van der Waals surface area contributed by atoms with Crippen LogP contribution in [0.25, 0.3) is 0 Å². The van der Waals surface area contributed by atoms with Crippen LogP contribution >= 0.6 is 15.9 Å². The average molecular weight is 363 g/mol. The number of hydrogen-bond donors (Lipinski definition) is 2. The third kappa shape index (κ3) is 6.49. The van der Waals surface area contributed by atoms with Gasteiger partial charge in [-0.1, -0.05) is 35.3 Å². The molecule has 0 radical (unpaired) electrons. The lowest BCUT2D eigenvalue weighted by Gasteiger charge is -2.08. The Labute approximate surface area is 128 Å². The Hall–Kier alpha value is -0.920. The Morgan fingerprint density at radius 3 is 2.70 bits per heavy atom. The molecular formula is C13H19BrN2O3S. The number of carbonyl (C=O) groups is 1. The normalized spacial score (nSPS) is 11.3. The first kappa shape index (κ1) is 17.1. The molecule has 5 nitrogen and oxygen atoms in total. The maximum atomic E-state index is 11.8. The minimum absolute atomic E-state index is 0.128. The van der Waals surface area contributed by atoms with Crippen LogP contribution in [0.5, 0.6) is 0 Å². The van der Waals surface area contributed by atoms with E-state index in [0.29, 0.717) is 12.0 Å². The Kier molecular flexibility index (Phi) is 7.18. The van der Waals surface area contributed by atoms with Crippen LogP contribution in [-0.2, 0) is 10.0 Å². The fraction of sp³-hybridized carbons (Fsp3) is 0.462. The zero-order valence-electron chi connectivity index (χ0n) is 11.4. The molecule has 1 amide bonds. The van der Waals surface area contributed by atoms with Gasteiger partial charge in [-0.3, -0.25) is 4.79 Å². The van der Waals surface area contributed by atoms with Crippen molar-refractivity contribution in [1.82, 2.24) is 10.0 Å². The smallest absolute Gasteiger partial charge is 0.251 e. The second kappa shape index (κ2) is 8.39. The number of amides is 1. The lowest BCUT2D eigenvalue weighted by Crippen LogP contribution is -2.35. The van der Waals surface area contributed by atoms with Crippen LogP contribution < -0.4 is 10.0 Å². The molecule has 0 unspecified atom stereocenters. The van der Waals surface area contributed by atoms with Gasteiger partial charge in [-0.05, 0) is 24.6 Å². The van der Waals surface area contributed by atoms with E-state index in [4.69, 9.17) is 0 Å². The van der Waals surface area contributed by atoms with Crippen molar-refractivity contribution in [2.45, 2.75) is 19.8 Å². The minimum Gasteiger partial charge on any atom is -0.351 e. The molecule has 0 aliphatic rings. The monoisotopic (exact) mass is 362 g/mol. The predicted molar refractivity (Wildman–Crippen MR) is 83.2 cm³/mol. The number of benzene rings is 1. The number of hydrogen-bond acceptors (Lipinski definition) is 3. The summed E-state index contributed by atoms with van der Waals surface area (Å²) in [6.07, 6.45) is 1.47. The number of halogens is 1. The number of sulfonamides is 1. The van der Waals surface area contributed by atoms with Gasteiger partial charge in [-0.2, -0.15) is 0 Å².